The van der Waals surface area contributed by atoms with Gasteiger partial charge < -0.3 is 13.7 Å². The minimum absolute atomic E-state index is 0.525. The molecule has 11 rings (SSSR count). The molecule has 0 saturated carbocycles. The zero-order valence-electron chi connectivity index (χ0n) is 29.5. The molecule has 0 aliphatic carbocycles. The Morgan fingerprint density at radius 3 is 1.53 bits per heavy atom. The van der Waals surface area contributed by atoms with Gasteiger partial charge in [-0.25, -0.2) is 4.85 Å². The van der Waals surface area contributed by atoms with Crippen LogP contribution in [-0.4, -0.2) is 13.7 Å². The minimum atomic E-state index is 0.525. The number of benzene rings is 8. The second-order valence-corrected chi connectivity index (χ2v) is 13.9. The first kappa shape index (κ1) is 30.7. The first-order chi connectivity index (χ1) is 27.2. The van der Waals surface area contributed by atoms with Crippen LogP contribution in [-0.2, 0) is 0 Å². The summed E-state index contributed by atoms with van der Waals surface area (Å²) < 4.78 is 6.84. The molecule has 254 valence electrons. The predicted molar refractivity (Wildman–Crippen MR) is 226 cm³/mol. The summed E-state index contributed by atoms with van der Waals surface area (Å²) in [7, 11) is 0. The molecule has 0 spiro atoms. The second kappa shape index (κ2) is 11.8. The maximum atomic E-state index is 10.3. The molecule has 0 aliphatic heterocycles. The first-order valence-electron chi connectivity index (χ1n) is 18.3. The highest BCUT2D eigenvalue weighted by Crippen LogP contribution is 2.43. The Hall–Kier alpha value is -7.86. The van der Waals surface area contributed by atoms with Crippen LogP contribution >= 0.6 is 0 Å². The van der Waals surface area contributed by atoms with Gasteiger partial charge in [0.15, 0.2) is 0 Å². The standard InChI is InChI=1S/C50H29N5/c1-52-43-19-11-17-36(50(43)55-47-23-9-5-16-40(47)42-18-10-12-33(31-51)49(42)55)32-24-26-34(27-25-32)53-44-20-6-4-15-39(44)41-29-28-35(30-48(41)53)54-45-21-7-2-13-37(45)38-14-3-8-22-46(38)54/h2-30H. The van der Waals surface area contributed by atoms with E-state index >= 15 is 0 Å². The zero-order chi connectivity index (χ0) is 36.6. The van der Waals surface area contributed by atoms with Gasteiger partial charge in [0.25, 0.3) is 0 Å². The zero-order valence-corrected chi connectivity index (χ0v) is 29.5. The largest absolute Gasteiger partial charge is 0.317 e. The average Bonchev–Trinajstić information content (AvgIpc) is 3.89. The minimum Gasteiger partial charge on any atom is -0.317 e. The van der Waals surface area contributed by atoms with Gasteiger partial charge in [0.2, 0.25) is 5.69 Å². The van der Waals surface area contributed by atoms with Gasteiger partial charge >= 0.3 is 0 Å². The maximum Gasteiger partial charge on any atom is 0.211 e. The Kier molecular flexibility index (Phi) is 6.61. The highest BCUT2D eigenvalue weighted by Gasteiger charge is 2.21. The molecule has 0 bridgehead atoms. The molecule has 0 fully saturated rings. The third-order valence-corrected chi connectivity index (χ3v) is 11.1. The number of hydrogen-bond acceptors (Lipinski definition) is 1. The SMILES string of the molecule is [C-]#[N+]c1cccc(-c2ccc(-n3c4ccccc4c4ccc(-n5c6ccccc6c6ccccc65)cc43)cc2)c1-n1c2ccccc2c2cccc(C#N)c21. The predicted octanol–water partition coefficient (Wildman–Crippen LogP) is 13.1. The molecule has 55 heavy (non-hydrogen) atoms. The number of para-hydroxylation sites is 6. The van der Waals surface area contributed by atoms with E-state index in [0.717, 1.165) is 61.0 Å². The van der Waals surface area contributed by atoms with Crippen molar-refractivity contribution < 1.29 is 0 Å². The third kappa shape index (κ3) is 4.39. The summed E-state index contributed by atoms with van der Waals surface area (Å²) in [6.07, 6.45) is 0. The number of fused-ring (bicyclic) bond motifs is 9. The van der Waals surface area contributed by atoms with Crippen LogP contribution in [0.15, 0.2) is 176 Å². The number of aromatic nitrogens is 3. The van der Waals surface area contributed by atoms with Crippen molar-refractivity contribution in [3.8, 4) is 34.3 Å². The van der Waals surface area contributed by atoms with Crippen LogP contribution in [0.1, 0.15) is 5.56 Å². The summed E-state index contributed by atoms with van der Waals surface area (Å²) in [5, 5.41) is 17.1. The molecule has 5 nitrogen and oxygen atoms in total. The van der Waals surface area contributed by atoms with Crippen molar-refractivity contribution in [3.63, 3.8) is 0 Å². The summed E-state index contributed by atoms with van der Waals surface area (Å²) in [5.41, 5.74) is 12.3. The van der Waals surface area contributed by atoms with Crippen molar-refractivity contribution in [3.05, 3.63) is 193 Å². The van der Waals surface area contributed by atoms with E-state index in [2.05, 4.69) is 164 Å². The molecular weight excluding hydrogens is 671 g/mol. The second-order valence-electron chi connectivity index (χ2n) is 13.9. The van der Waals surface area contributed by atoms with Gasteiger partial charge in [-0.2, -0.15) is 5.26 Å². The summed E-state index contributed by atoms with van der Waals surface area (Å²) >= 11 is 0. The fourth-order valence-corrected chi connectivity index (χ4v) is 8.80. The van der Waals surface area contributed by atoms with E-state index in [0.29, 0.717) is 11.3 Å². The van der Waals surface area contributed by atoms with E-state index in [4.69, 9.17) is 6.57 Å². The normalized spacial score (nSPS) is 11.6. The molecule has 5 heteroatoms. The third-order valence-electron chi connectivity index (χ3n) is 11.1. The van der Waals surface area contributed by atoms with Crippen molar-refractivity contribution in [1.29, 1.82) is 5.26 Å². The number of nitrogens with zero attached hydrogens (tertiary/aromatic N) is 5. The van der Waals surface area contributed by atoms with Crippen LogP contribution in [0.3, 0.4) is 0 Å². The van der Waals surface area contributed by atoms with Crippen molar-refractivity contribution in [2.75, 3.05) is 0 Å². The molecular formula is C50H29N5. The Labute approximate surface area is 316 Å². The van der Waals surface area contributed by atoms with E-state index in [1.54, 1.807) is 0 Å². The van der Waals surface area contributed by atoms with Gasteiger partial charge in [-0.05, 0) is 65.7 Å². The average molecular weight is 700 g/mol. The lowest BCUT2D eigenvalue weighted by molar-refractivity contribution is 1.15. The van der Waals surface area contributed by atoms with E-state index < -0.39 is 0 Å². The highest BCUT2D eigenvalue weighted by atomic mass is 15.0. The van der Waals surface area contributed by atoms with E-state index in [-0.39, 0.29) is 0 Å². The molecule has 0 saturated heterocycles. The number of rotatable bonds is 4. The molecule has 0 aliphatic rings. The van der Waals surface area contributed by atoms with Gasteiger partial charge in [-0.15, -0.1) is 0 Å². The lowest BCUT2D eigenvalue weighted by atomic mass is 10.0. The summed E-state index contributed by atoms with van der Waals surface area (Å²) in [6, 6.07) is 63.6. The Morgan fingerprint density at radius 2 is 0.927 bits per heavy atom. The fourth-order valence-electron chi connectivity index (χ4n) is 8.80. The van der Waals surface area contributed by atoms with Crippen LogP contribution in [0.4, 0.5) is 5.69 Å². The Morgan fingerprint density at radius 1 is 0.436 bits per heavy atom. The van der Waals surface area contributed by atoms with Crippen molar-refractivity contribution in [1.82, 2.24) is 13.7 Å². The lowest BCUT2D eigenvalue weighted by Crippen LogP contribution is -2.00. The van der Waals surface area contributed by atoms with Gasteiger partial charge in [0, 0.05) is 43.7 Å². The van der Waals surface area contributed by atoms with Gasteiger partial charge in [-0.1, -0.05) is 121 Å². The first-order valence-corrected chi connectivity index (χ1v) is 18.3. The van der Waals surface area contributed by atoms with E-state index in [1.165, 1.54) is 32.6 Å². The molecule has 8 aromatic carbocycles. The lowest BCUT2D eigenvalue weighted by Gasteiger charge is -2.17. The van der Waals surface area contributed by atoms with Crippen LogP contribution < -0.4 is 0 Å². The molecule has 0 radical (unpaired) electrons. The molecule has 3 aromatic heterocycles. The van der Waals surface area contributed by atoms with Crippen LogP contribution in [0.2, 0.25) is 0 Å². The quantitative estimate of drug-likeness (QED) is 0.169. The van der Waals surface area contributed by atoms with Gasteiger partial charge in [-0.3, -0.25) is 0 Å². The van der Waals surface area contributed by atoms with Crippen LogP contribution in [0, 0.1) is 17.9 Å². The molecule has 0 unspecified atom stereocenters. The topological polar surface area (TPSA) is 42.9 Å². The molecule has 0 atom stereocenters. The van der Waals surface area contributed by atoms with E-state index in [9.17, 15) is 5.26 Å². The van der Waals surface area contributed by atoms with Crippen molar-refractivity contribution >= 4 is 71.1 Å². The highest BCUT2D eigenvalue weighted by molar-refractivity contribution is 6.13. The monoisotopic (exact) mass is 699 g/mol. The molecule has 0 amide bonds. The van der Waals surface area contributed by atoms with Gasteiger partial charge in [0.1, 0.15) is 6.07 Å². The van der Waals surface area contributed by atoms with Crippen molar-refractivity contribution in [2.45, 2.75) is 0 Å². The maximum absolute atomic E-state index is 10.3. The summed E-state index contributed by atoms with van der Waals surface area (Å²) in [5.74, 6) is 0. The Bertz CT molecular complexity index is 3400. The Balaban J connectivity index is 1.12. The summed E-state index contributed by atoms with van der Waals surface area (Å²) in [6.45, 7) is 8.24. The van der Waals surface area contributed by atoms with Crippen LogP contribution in [0.25, 0.3) is 98.5 Å². The van der Waals surface area contributed by atoms with E-state index in [1.807, 2.05) is 36.4 Å². The fraction of sp³-hybridized carbons (Fsp3) is 0. The van der Waals surface area contributed by atoms with Crippen LogP contribution in [0.5, 0.6) is 0 Å². The number of nitriles is 1. The smallest absolute Gasteiger partial charge is 0.211 e. The molecule has 11 aromatic rings. The van der Waals surface area contributed by atoms with Gasteiger partial charge in [0.05, 0.1) is 50.9 Å². The summed E-state index contributed by atoms with van der Waals surface area (Å²) in [4.78, 5) is 4.02. The number of hydrogen-bond donors (Lipinski definition) is 0. The molecule has 3 heterocycles. The van der Waals surface area contributed by atoms with Crippen molar-refractivity contribution in [2.24, 2.45) is 0 Å². The molecule has 0 N–H and O–H groups in total.